The fraction of sp³-hybridized carbons (Fsp3) is 1.00. The van der Waals surface area contributed by atoms with Crippen molar-refractivity contribution in [1.29, 1.82) is 0 Å². The largest absolute Gasteiger partial charge is 0.378 e. The van der Waals surface area contributed by atoms with Gasteiger partial charge in [-0.25, -0.2) is 0 Å². The molecule has 0 aromatic carbocycles. The molecule has 0 N–H and O–H groups in total. The van der Waals surface area contributed by atoms with Crippen LogP contribution in [0.25, 0.3) is 0 Å². The summed E-state index contributed by atoms with van der Waals surface area (Å²) in [5, 5.41) is 0. The zero-order valence-electron chi connectivity index (χ0n) is 9.05. The highest BCUT2D eigenvalue weighted by atomic mass is 16.5. The number of nitrogens with zero attached hydrogens (tertiary/aromatic N) is 1. The third-order valence-corrected chi connectivity index (χ3v) is 3.80. The van der Waals surface area contributed by atoms with Crippen LogP contribution in [-0.4, -0.2) is 35.7 Å². The predicted octanol–water partition coefficient (Wildman–Crippen LogP) is 2.04. The third-order valence-electron chi connectivity index (χ3n) is 3.80. The molecule has 2 rings (SSSR count). The molecule has 2 aliphatic heterocycles. The highest BCUT2D eigenvalue weighted by molar-refractivity contribution is 4.98. The van der Waals surface area contributed by atoms with Gasteiger partial charge in [-0.3, -0.25) is 4.90 Å². The second-order valence-electron chi connectivity index (χ2n) is 5.00. The van der Waals surface area contributed by atoms with E-state index < -0.39 is 0 Å². The zero-order chi connectivity index (χ0) is 9.47. The molecule has 2 heterocycles. The Kier molecular flexibility index (Phi) is 2.37. The molecule has 0 spiro atoms. The van der Waals surface area contributed by atoms with E-state index >= 15 is 0 Å². The van der Waals surface area contributed by atoms with Crippen LogP contribution >= 0.6 is 0 Å². The number of hydrogen-bond acceptors (Lipinski definition) is 2. The van der Waals surface area contributed by atoms with Crippen LogP contribution in [-0.2, 0) is 4.74 Å². The summed E-state index contributed by atoms with van der Waals surface area (Å²) in [5.41, 5.74) is 0.371. The van der Waals surface area contributed by atoms with Gasteiger partial charge < -0.3 is 4.74 Å². The molecule has 76 valence electrons. The number of fused-ring (bicyclic) bond motifs is 2. The summed E-state index contributed by atoms with van der Waals surface area (Å²) >= 11 is 0. The molecule has 2 nitrogen and oxygen atoms in total. The van der Waals surface area contributed by atoms with Crippen LogP contribution in [0.1, 0.15) is 40.0 Å². The van der Waals surface area contributed by atoms with Gasteiger partial charge in [0.25, 0.3) is 0 Å². The highest BCUT2D eigenvalue weighted by Crippen LogP contribution is 2.36. The maximum Gasteiger partial charge on any atom is 0.0622 e. The van der Waals surface area contributed by atoms with E-state index in [2.05, 4.69) is 25.7 Å². The van der Waals surface area contributed by atoms with Crippen LogP contribution in [0.2, 0.25) is 0 Å². The Balaban J connectivity index is 2.14. The third kappa shape index (κ3) is 1.50. The number of rotatable bonds is 2. The van der Waals surface area contributed by atoms with E-state index in [0.29, 0.717) is 17.6 Å². The highest BCUT2D eigenvalue weighted by Gasteiger charge is 2.43. The van der Waals surface area contributed by atoms with Gasteiger partial charge in [-0.1, -0.05) is 6.92 Å². The second kappa shape index (κ2) is 3.25. The normalized spacial score (nSPS) is 35.3. The minimum atomic E-state index is 0.371. The molecule has 0 aromatic rings. The first-order chi connectivity index (χ1) is 6.15. The lowest BCUT2D eigenvalue weighted by Crippen LogP contribution is -2.56. The van der Waals surface area contributed by atoms with Crippen molar-refractivity contribution in [1.82, 2.24) is 4.90 Å². The lowest BCUT2D eigenvalue weighted by Gasteiger charge is -2.45. The molecule has 0 aromatic heterocycles. The van der Waals surface area contributed by atoms with Crippen LogP contribution in [0, 0.1) is 0 Å². The molecule has 13 heavy (non-hydrogen) atoms. The Labute approximate surface area is 81.3 Å². The van der Waals surface area contributed by atoms with Crippen molar-refractivity contribution in [2.75, 3.05) is 13.2 Å². The van der Waals surface area contributed by atoms with Gasteiger partial charge in [-0.15, -0.1) is 0 Å². The summed E-state index contributed by atoms with van der Waals surface area (Å²) in [6.07, 6.45) is 3.92. The van der Waals surface area contributed by atoms with Crippen molar-refractivity contribution in [3.05, 3.63) is 0 Å². The smallest absolute Gasteiger partial charge is 0.0622 e. The quantitative estimate of drug-likeness (QED) is 0.649. The molecule has 2 unspecified atom stereocenters. The van der Waals surface area contributed by atoms with Gasteiger partial charge in [0.15, 0.2) is 0 Å². The summed E-state index contributed by atoms with van der Waals surface area (Å²) < 4.78 is 5.58. The van der Waals surface area contributed by atoms with E-state index in [9.17, 15) is 0 Å². The van der Waals surface area contributed by atoms with Gasteiger partial charge in [-0.2, -0.15) is 0 Å². The van der Waals surface area contributed by atoms with Crippen molar-refractivity contribution in [2.24, 2.45) is 0 Å². The van der Waals surface area contributed by atoms with Crippen molar-refractivity contribution in [2.45, 2.75) is 57.7 Å². The molecule has 2 bridgehead atoms. The standard InChI is InChI=1S/C11H21NO/c1-4-11(2,3)12-9-5-6-10(12)8-13-7-9/h9-10H,4-8H2,1-3H3. The van der Waals surface area contributed by atoms with E-state index in [1.165, 1.54) is 19.3 Å². The maximum absolute atomic E-state index is 5.58. The first-order valence-electron chi connectivity index (χ1n) is 5.51. The molecule has 2 fully saturated rings. The Morgan fingerprint density at radius 1 is 1.23 bits per heavy atom. The number of hydrogen-bond donors (Lipinski definition) is 0. The molecular formula is C11H21NO. The van der Waals surface area contributed by atoms with Crippen LogP contribution in [0.5, 0.6) is 0 Å². The Morgan fingerprint density at radius 2 is 1.77 bits per heavy atom. The fourth-order valence-corrected chi connectivity index (χ4v) is 2.80. The van der Waals surface area contributed by atoms with Crippen molar-refractivity contribution in [3.8, 4) is 0 Å². The Morgan fingerprint density at radius 3 is 2.23 bits per heavy atom. The summed E-state index contributed by atoms with van der Waals surface area (Å²) in [7, 11) is 0. The van der Waals surface area contributed by atoms with Crippen LogP contribution in [0.4, 0.5) is 0 Å². The summed E-state index contributed by atoms with van der Waals surface area (Å²) in [6, 6.07) is 1.40. The van der Waals surface area contributed by atoms with E-state index in [-0.39, 0.29) is 0 Å². The second-order valence-corrected chi connectivity index (χ2v) is 5.00. The molecule has 2 saturated heterocycles. The fourth-order valence-electron chi connectivity index (χ4n) is 2.80. The van der Waals surface area contributed by atoms with E-state index in [0.717, 1.165) is 13.2 Å². The molecule has 2 atom stereocenters. The molecule has 0 saturated carbocycles. The summed E-state index contributed by atoms with van der Waals surface area (Å²) in [6.45, 7) is 8.93. The van der Waals surface area contributed by atoms with Gasteiger partial charge >= 0.3 is 0 Å². The van der Waals surface area contributed by atoms with Gasteiger partial charge in [0.1, 0.15) is 0 Å². The molecule has 0 amide bonds. The summed E-state index contributed by atoms with van der Waals surface area (Å²) in [5.74, 6) is 0. The van der Waals surface area contributed by atoms with E-state index in [1.807, 2.05) is 0 Å². The molecule has 2 heteroatoms. The van der Waals surface area contributed by atoms with E-state index in [4.69, 9.17) is 4.74 Å². The van der Waals surface area contributed by atoms with Gasteiger partial charge in [0, 0.05) is 17.6 Å². The number of ether oxygens (including phenoxy) is 1. The molecule has 0 aliphatic carbocycles. The van der Waals surface area contributed by atoms with Crippen molar-refractivity contribution < 1.29 is 4.74 Å². The lowest BCUT2D eigenvalue weighted by molar-refractivity contribution is -0.0630. The molecular weight excluding hydrogens is 162 g/mol. The maximum atomic E-state index is 5.58. The monoisotopic (exact) mass is 183 g/mol. The predicted molar refractivity (Wildman–Crippen MR) is 53.8 cm³/mol. The summed E-state index contributed by atoms with van der Waals surface area (Å²) in [4.78, 5) is 2.70. The van der Waals surface area contributed by atoms with Crippen LogP contribution in [0.3, 0.4) is 0 Å². The Hall–Kier alpha value is -0.0800. The van der Waals surface area contributed by atoms with Gasteiger partial charge in [0.2, 0.25) is 0 Å². The topological polar surface area (TPSA) is 12.5 Å². The lowest BCUT2D eigenvalue weighted by atomic mass is 9.96. The van der Waals surface area contributed by atoms with Crippen LogP contribution < -0.4 is 0 Å². The molecule has 0 radical (unpaired) electrons. The average Bonchev–Trinajstić information content (AvgIpc) is 2.39. The Bertz CT molecular complexity index is 175. The zero-order valence-corrected chi connectivity index (χ0v) is 9.05. The van der Waals surface area contributed by atoms with Crippen molar-refractivity contribution >= 4 is 0 Å². The first-order valence-corrected chi connectivity index (χ1v) is 5.51. The average molecular weight is 183 g/mol. The minimum absolute atomic E-state index is 0.371. The first kappa shape index (κ1) is 9.47. The van der Waals surface area contributed by atoms with Gasteiger partial charge in [-0.05, 0) is 33.1 Å². The van der Waals surface area contributed by atoms with Crippen molar-refractivity contribution in [3.63, 3.8) is 0 Å². The van der Waals surface area contributed by atoms with Crippen LogP contribution in [0.15, 0.2) is 0 Å². The van der Waals surface area contributed by atoms with E-state index in [1.54, 1.807) is 0 Å². The van der Waals surface area contributed by atoms with Gasteiger partial charge in [0.05, 0.1) is 13.2 Å². The SMILES string of the molecule is CCC(C)(C)N1C2CCC1COC2. The number of morpholine rings is 1. The minimum Gasteiger partial charge on any atom is -0.378 e. The molecule has 2 aliphatic rings.